The number of hydrogen-bond acceptors (Lipinski definition) is 7. The first-order chi connectivity index (χ1) is 15.1. The van der Waals surface area contributed by atoms with Crippen molar-refractivity contribution in [1.82, 2.24) is 20.1 Å². The highest BCUT2D eigenvalue weighted by Gasteiger charge is 2.49. The molecular weight excluding hydrogens is 479 g/mol. The van der Waals surface area contributed by atoms with Crippen LogP contribution < -0.4 is 9.50 Å². The molecule has 0 bridgehead atoms. The van der Waals surface area contributed by atoms with Crippen LogP contribution in [-0.4, -0.2) is 35.2 Å². The van der Waals surface area contributed by atoms with Crippen LogP contribution >= 0.6 is 11.3 Å². The van der Waals surface area contributed by atoms with Crippen LogP contribution in [0.2, 0.25) is 0 Å². The van der Waals surface area contributed by atoms with E-state index in [0.29, 0.717) is 25.7 Å². The highest BCUT2D eigenvalue weighted by molar-refractivity contribution is 7.88. The lowest BCUT2D eigenvalue weighted by Crippen LogP contribution is -2.28. The van der Waals surface area contributed by atoms with E-state index in [4.69, 9.17) is 0 Å². The predicted octanol–water partition coefficient (Wildman–Crippen LogP) is 4.29. The van der Waals surface area contributed by atoms with Gasteiger partial charge in [-0.25, -0.2) is 13.8 Å². The van der Waals surface area contributed by atoms with Gasteiger partial charge in [-0.15, -0.1) is 11.3 Å². The van der Waals surface area contributed by atoms with Crippen molar-refractivity contribution in [1.29, 1.82) is 0 Å². The zero-order chi connectivity index (χ0) is 23.1. The van der Waals surface area contributed by atoms with Crippen LogP contribution in [0.4, 0.5) is 22.0 Å². The number of halogens is 5. The monoisotopic (exact) mass is 492 g/mol. The van der Waals surface area contributed by atoms with Crippen molar-refractivity contribution in [3.05, 3.63) is 47.0 Å². The van der Waals surface area contributed by atoms with Gasteiger partial charge in [-0.05, 0) is 23.6 Å². The van der Waals surface area contributed by atoms with Crippen molar-refractivity contribution >= 4 is 37.6 Å². The van der Waals surface area contributed by atoms with Crippen LogP contribution in [0.3, 0.4) is 0 Å². The fraction of sp³-hybridized carbons (Fsp3) is 0.222. The van der Waals surface area contributed by atoms with Gasteiger partial charge in [0, 0.05) is 29.4 Å². The molecule has 0 amide bonds. The third-order valence-corrected chi connectivity index (χ3v) is 6.39. The third-order valence-electron chi connectivity index (χ3n) is 4.50. The van der Waals surface area contributed by atoms with Crippen LogP contribution in [-0.2, 0) is 23.2 Å². The summed E-state index contributed by atoms with van der Waals surface area (Å²) in [6, 6.07) is 2.89. The van der Waals surface area contributed by atoms with Crippen molar-refractivity contribution in [2.45, 2.75) is 18.6 Å². The van der Waals surface area contributed by atoms with Crippen LogP contribution in [0.15, 0.2) is 35.7 Å². The largest absolute Gasteiger partial charge is 0.534 e. The second kappa shape index (κ2) is 8.26. The summed E-state index contributed by atoms with van der Waals surface area (Å²) in [5.74, 6) is -1.82. The molecule has 4 heterocycles. The van der Waals surface area contributed by atoms with Gasteiger partial charge in [-0.2, -0.15) is 26.7 Å². The molecule has 0 fully saturated rings. The second-order valence-electron chi connectivity index (χ2n) is 6.57. The van der Waals surface area contributed by atoms with Gasteiger partial charge in [0.25, 0.3) is 0 Å². The quantitative estimate of drug-likeness (QED) is 0.248. The van der Waals surface area contributed by atoms with E-state index in [1.165, 1.54) is 11.4 Å². The number of allylic oxidation sites excluding steroid dienone is 2. The average molecular weight is 492 g/mol. The van der Waals surface area contributed by atoms with Gasteiger partial charge in [0.15, 0.2) is 0 Å². The lowest BCUT2D eigenvalue weighted by molar-refractivity contribution is -0.0500. The average Bonchev–Trinajstić information content (AvgIpc) is 3.35. The molecule has 3 aromatic rings. The van der Waals surface area contributed by atoms with Crippen molar-refractivity contribution in [3.8, 4) is 17.3 Å². The Kier molecular flexibility index (Phi) is 5.77. The predicted molar refractivity (Wildman–Crippen MR) is 107 cm³/mol. The zero-order valence-corrected chi connectivity index (χ0v) is 17.5. The van der Waals surface area contributed by atoms with E-state index in [1.807, 2.05) is 0 Å². The molecule has 14 heteroatoms. The summed E-state index contributed by atoms with van der Waals surface area (Å²) < 4.78 is 94.7. The fourth-order valence-electron chi connectivity index (χ4n) is 3.11. The maximum Gasteiger partial charge on any atom is 0.534 e. The Morgan fingerprint density at radius 3 is 2.81 bits per heavy atom. The van der Waals surface area contributed by atoms with Crippen molar-refractivity contribution in [3.63, 3.8) is 0 Å². The first-order valence-corrected chi connectivity index (χ1v) is 11.2. The molecule has 1 N–H and O–H groups in total. The van der Waals surface area contributed by atoms with E-state index in [2.05, 4.69) is 19.6 Å². The molecule has 0 atom stereocenters. The number of fused-ring (bicyclic) bond motifs is 2. The summed E-state index contributed by atoms with van der Waals surface area (Å²) in [6.07, 6.45) is 1.47. The Bertz CT molecular complexity index is 1320. The molecule has 0 radical (unpaired) electrons. The maximum absolute atomic E-state index is 14.2. The van der Waals surface area contributed by atoms with Gasteiger partial charge in [-0.1, -0.05) is 0 Å². The number of nitrogens with one attached hydrogen (secondary N) is 1. The van der Waals surface area contributed by atoms with E-state index in [0.717, 1.165) is 23.1 Å². The number of nitrogens with zero attached hydrogens (tertiary/aromatic N) is 3. The van der Waals surface area contributed by atoms with Gasteiger partial charge >= 0.3 is 15.6 Å². The molecule has 0 saturated carbocycles. The van der Waals surface area contributed by atoms with Gasteiger partial charge in [-0.3, -0.25) is 4.68 Å². The Balaban J connectivity index is 1.97. The number of hydrogen-bond donors (Lipinski definition) is 1. The zero-order valence-electron chi connectivity index (χ0n) is 15.9. The molecule has 0 saturated heterocycles. The van der Waals surface area contributed by atoms with E-state index in [-0.39, 0.29) is 33.4 Å². The van der Waals surface area contributed by atoms with Crippen molar-refractivity contribution in [2.24, 2.45) is 0 Å². The molecule has 1 aliphatic rings. The van der Waals surface area contributed by atoms with Crippen LogP contribution in [0.1, 0.15) is 11.3 Å². The summed E-state index contributed by atoms with van der Waals surface area (Å²) >= 11 is 0.993. The lowest BCUT2D eigenvalue weighted by atomic mass is 10.1. The fourth-order valence-corrected chi connectivity index (χ4v) is 4.45. The molecule has 7 nitrogen and oxygen atoms in total. The highest BCUT2D eigenvalue weighted by Crippen LogP contribution is 2.40. The minimum atomic E-state index is -6.01. The highest BCUT2D eigenvalue weighted by atomic mass is 32.2. The SMILES string of the molecule is O=S(=O)(Oc1nc(-c2cc3n(n2)CCNC3)c(C=C(F)/C=C/F)c2sccc12)C(F)(F)F. The summed E-state index contributed by atoms with van der Waals surface area (Å²) in [5, 5.41) is 8.85. The van der Waals surface area contributed by atoms with Gasteiger partial charge < -0.3 is 9.50 Å². The number of pyridine rings is 1. The topological polar surface area (TPSA) is 86.1 Å². The Hall–Kier alpha value is -2.84. The minimum absolute atomic E-state index is 0.0149. The van der Waals surface area contributed by atoms with E-state index in [1.54, 1.807) is 10.7 Å². The molecule has 3 aromatic heterocycles. The first kappa shape index (κ1) is 22.4. The Labute approximate surface area is 181 Å². The van der Waals surface area contributed by atoms with Crippen LogP contribution in [0.5, 0.6) is 5.88 Å². The van der Waals surface area contributed by atoms with Crippen molar-refractivity contribution < 1.29 is 34.6 Å². The van der Waals surface area contributed by atoms with E-state index in [9.17, 15) is 30.4 Å². The standard InChI is InChI=1S/C18H13F5N4O3S2/c19-3-1-10(20)7-13-15(14-8-11-9-24-4-5-27(11)26-14)25-17(12-2-6-31-16(12)13)30-32(28,29)18(21,22)23/h1-3,6-8,24H,4-5,9H2/b3-1+,10-7?. The Morgan fingerprint density at radius 2 is 2.12 bits per heavy atom. The maximum atomic E-state index is 14.2. The smallest absolute Gasteiger partial charge is 0.355 e. The first-order valence-electron chi connectivity index (χ1n) is 8.94. The van der Waals surface area contributed by atoms with Crippen LogP contribution in [0, 0.1) is 0 Å². The normalized spacial score (nSPS) is 15.5. The molecule has 4 rings (SSSR count). The molecule has 32 heavy (non-hydrogen) atoms. The Morgan fingerprint density at radius 1 is 1.34 bits per heavy atom. The number of alkyl halides is 3. The van der Waals surface area contributed by atoms with E-state index < -0.39 is 27.3 Å². The molecule has 0 aliphatic carbocycles. The van der Waals surface area contributed by atoms with E-state index >= 15 is 0 Å². The second-order valence-corrected chi connectivity index (χ2v) is 9.02. The van der Waals surface area contributed by atoms with Gasteiger partial charge in [0.2, 0.25) is 5.88 Å². The molecule has 0 unspecified atom stereocenters. The molecule has 0 aromatic carbocycles. The third kappa shape index (κ3) is 4.12. The number of rotatable bonds is 5. The summed E-state index contributed by atoms with van der Waals surface area (Å²) in [5.41, 5.74) is -4.80. The number of aromatic nitrogens is 3. The lowest BCUT2D eigenvalue weighted by Gasteiger charge is -2.13. The molecular formula is C18H13F5N4O3S2. The summed E-state index contributed by atoms with van der Waals surface area (Å²) in [6.45, 7) is 1.60. The minimum Gasteiger partial charge on any atom is -0.355 e. The van der Waals surface area contributed by atoms with Crippen LogP contribution in [0.25, 0.3) is 27.6 Å². The number of thiophene rings is 1. The summed E-state index contributed by atoms with van der Waals surface area (Å²) in [4.78, 5) is 3.98. The van der Waals surface area contributed by atoms with Crippen molar-refractivity contribution in [2.75, 3.05) is 6.54 Å². The molecule has 0 spiro atoms. The van der Waals surface area contributed by atoms with Gasteiger partial charge in [0.1, 0.15) is 17.2 Å². The van der Waals surface area contributed by atoms with Gasteiger partial charge in [0.05, 0.1) is 24.0 Å². The summed E-state index contributed by atoms with van der Waals surface area (Å²) in [7, 11) is -6.01. The molecule has 1 aliphatic heterocycles. The molecule has 170 valence electrons.